The fourth-order valence-electron chi connectivity index (χ4n) is 2.70. The molecule has 2 heterocycles. The molecule has 2 amide bonds. The summed E-state index contributed by atoms with van der Waals surface area (Å²) in [5.41, 5.74) is 0.982. The average Bonchev–Trinajstić information content (AvgIpc) is 3.02. The van der Waals surface area contributed by atoms with E-state index in [0.29, 0.717) is 38.5 Å². The smallest absolute Gasteiger partial charge is 0.236 e. The van der Waals surface area contributed by atoms with Crippen LogP contribution < -0.4 is 0 Å². The average molecular weight is 379 g/mol. The summed E-state index contributed by atoms with van der Waals surface area (Å²) in [6.45, 7) is 2.87. The Hall–Kier alpha value is -1.64. The van der Waals surface area contributed by atoms with Gasteiger partial charge in [-0.3, -0.25) is 9.59 Å². The third-order valence-corrected chi connectivity index (χ3v) is 6.19. The van der Waals surface area contributed by atoms with E-state index in [0.717, 1.165) is 14.6 Å². The van der Waals surface area contributed by atoms with Crippen molar-refractivity contribution >= 4 is 45.1 Å². The van der Waals surface area contributed by atoms with Gasteiger partial charge in [0.1, 0.15) is 0 Å². The normalized spacial score (nSPS) is 15.2. The summed E-state index contributed by atoms with van der Waals surface area (Å²) >= 11 is 3.11. The minimum Gasteiger partial charge on any atom is -0.338 e. The number of hydrogen-bond donors (Lipinski definition) is 0. The van der Waals surface area contributed by atoms with Crippen LogP contribution in [0.5, 0.6) is 0 Å². The van der Waals surface area contributed by atoms with E-state index in [1.165, 1.54) is 11.8 Å². The Kier molecular flexibility index (Phi) is 5.93. The van der Waals surface area contributed by atoms with E-state index in [1.807, 2.05) is 53.1 Å². The number of aromatic nitrogens is 1. The molecule has 0 aliphatic carbocycles. The van der Waals surface area contributed by atoms with Crippen molar-refractivity contribution in [2.24, 2.45) is 0 Å². The van der Waals surface area contributed by atoms with Crippen LogP contribution in [0, 0.1) is 0 Å². The Morgan fingerprint density at radius 3 is 2.40 bits per heavy atom. The maximum absolute atomic E-state index is 12.4. The lowest BCUT2D eigenvalue weighted by atomic mass is 10.3. The summed E-state index contributed by atoms with van der Waals surface area (Å²) in [5, 5.41) is 0. The van der Waals surface area contributed by atoms with Crippen molar-refractivity contribution < 1.29 is 9.59 Å². The lowest BCUT2D eigenvalue weighted by Gasteiger charge is -2.35. The molecule has 2 aromatic rings. The first-order valence-corrected chi connectivity index (χ1v) is 10.0. The van der Waals surface area contributed by atoms with Crippen molar-refractivity contribution in [1.29, 1.82) is 0 Å². The maximum atomic E-state index is 12.4. The van der Waals surface area contributed by atoms with E-state index in [-0.39, 0.29) is 11.8 Å². The molecule has 0 atom stereocenters. The van der Waals surface area contributed by atoms with Crippen molar-refractivity contribution in [2.75, 3.05) is 52.6 Å². The monoisotopic (exact) mass is 378 g/mol. The number of rotatable bonds is 5. The van der Waals surface area contributed by atoms with Gasteiger partial charge < -0.3 is 14.7 Å². The maximum Gasteiger partial charge on any atom is 0.236 e. The molecular formula is C17H22N4O2S2. The molecule has 3 rings (SSSR count). The predicted octanol–water partition coefficient (Wildman–Crippen LogP) is 1.62. The highest BCUT2D eigenvalue weighted by atomic mass is 32.2. The number of hydrogen-bond acceptors (Lipinski definition) is 6. The zero-order valence-electron chi connectivity index (χ0n) is 14.5. The highest BCUT2D eigenvalue weighted by molar-refractivity contribution is 8.01. The van der Waals surface area contributed by atoms with Crippen molar-refractivity contribution in [1.82, 2.24) is 19.7 Å². The van der Waals surface area contributed by atoms with Crippen LogP contribution in [0.2, 0.25) is 0 Å². The van der Waals surface area contributed by atoms with Gasteiger partial charge >= 0.3 is 0 Å². The molecule has 134 valence electrons. The molecule has 6 nitrogen and oxygen atoms in total. The van der Waals surface area contributed by atoms with E-state index < -0.39 is 0 Å². The first kappa shape index (κ1) is 18.2. The Morgan fingerprint density at radius 1 is 1.12 bits per heavy atom. The van der Waals surface area contributed by atoms with Gasteiger partial charge in [0.15, 0.2) is 4.34 Å². The number of thioether (sulfide) groups is 1. The number of carbonyl (C=O) groups is 2. The van der Waals surface area contributed by atoms with Crippen LogP contribution >= 0.6 is 23.1 Å². The Bertz CT molecular complexity index is 721. The van der Waals surface area contributed by atoms with Gasteiger partial charge in [-0.1, -0.05) is 23.9 Å². The van der Waals surface area contributed by atoms with Gasteiger partial charge in [-0.05, 0) is 26.2 Å². The highest BCUT2D eigenvalue weighted by Gasteiger charge is 2.24. The van der Waals surface area contributed by atoms with Gasteiger partial charge in [-0.15, -0.1) is 11.3 Å². The molecule has 0 bridgehead atoms. The van der Waals surface area contributed by atoms with Crippen molar-refractivity contribution in [3.05, 3.63) is 24.3 Å². The molecule has 1 aromatic carbocycles. The second-order valence-corrected chi connectivity index (χ2v) is 8.49. The zero-order valence-corrected chi connectivity index (χ0v) is 16.1. The Labute approximate surface area is 155 Å². The molecule has 1 aliphatic rings. The molecule has 1 fully saturated rings. The molecule has 8 heteroatoms. The SMILES string of the molecule is CN(C)CC(=O)N1CCN(C(=O)CSc2nc3ccccc3s2)CC1. The van der Waals surface area contributed by atoms with Gasteiger partial charge in [0.05, 0.1) is 22.5 Å². The van der Waals surface area contributed by atoms with Crippen LogP contribution in [0.1, 0.15) is 0 Å². The Balaban J connectivity index is 1.47. The topological polar surface area (TPSA) is 56.8 Å². The summed E-state index contributed by atoms with van der Waals surface area (Å²) in [6.07, 6.45) is 0. The number of fused-ring (bicyclic) bond motifs is 1. The third-order valence-electron chi connectivity index (χ3n) is 4.03. The van der Waals surface area contributed by atoms with E-state index >= 15 is 0 Å². The van der Waals surface area contributed by atoms with Crippen molar-refractivity contribution in [3.8, 4) is 0 Å². The number of nitrogens with zero attached hydrogens (tertiary/aromatic N) is 4. The zero-order chi connectivity index (χ0) is 17.8. The van der Waals surface area contributed by atoms with Crippen LogP contribution in [0.3, 0.4) is 0 Å². The first-order valence-electron chi connectivity index (χ1n) is 8.21. The third kappa shape index (κ3) is 4.71. The Morgan fingerprint density at radius 2 is 1.76 bits per heavy atom. The van der Waals surface area contributed by atoms with E-state index in [9.17, 15) is 9.59 Å². The summed E-state index contributed by atoms with van der Waals surface area (Å²) in [7, 11) is 3.77. The fourth-order valence-corrected chi connectivity index (χ4v) is 4.67. The van der Waals surface area contributed by atoms with Crippen LogP contribution in [0.4, 0.5) is 0 Å². The molecule has 1 aliphatic heterocycles. The van der Waals surface area contributed by atoms with Gasteiger partial charge in [0.25, 0.3) is 0 Å². The number of para-hydroxylation sites is 1. The van der Waals surface area contributed by atoms with E-state index in [1.54, 1.807) is 11.3 Å². The molecule has 0 radical (unpaired) electrons. The van der Waals surface area contributed by atoms with Crippen LogP contribution in [-0.4, -0.2) is 84.1 Å². The number of likely N-dealkylation sites (N-methyl/N-ethyl adjacent to an activating group) is 1. The molecule has 0 spiro atoms. The van der Waals surface area contributed by atoms with Crippen LogP contribution in [0.15, 0.2) is 28.6 Å². The largest absolute Gasteiger partial charge is 0.338 e. The summed E-state index contributed by atoms with van der Waals surface area (Å²) < 4.78 is 2.07. The van der Waals surface area contributed by atoms with Gasteiger partial charge in [0, 0.05) is 26.2 Å². The van der Waals surface area contributed by atoms with Gasteiger partial charge in [0.2, 0.25) is 11.8 Å². The van der Waals surface area contributed by atoms with Crippen LogP contribution in [0.25, 0.3) is 10.2 Å². The van der Waals surface area contributed by atoms with E-state index in [4.69, 9.17) is 0 Å². The van der Waals surface area contributed by atoms with Gasteiger partial charge in [-0.25, -0.2) is 4.98 Å². The molecule has 1 saturated heterocycles. The molecule has 25 heavy (non-hydrogen) atoms. The number of carbonyl (C=O) groups excluding carboxylic acids is 2. The minimum atomic E-state index is 0.115. The number of amides is 2. The quantitative estimate of drug-likeness (QED) is 0.740. The lowest BCUT2D eigenvalue weighted by molar-refractivity contribution is -0.138. The molecule has 1 aromatic heterocycles. The summed E-state index contributed by atoms with van der Waals surface area (Å²) in [6, 6.07) is 8.00. The minimum absolute atomic E-state index is 0.115. The number of benzene rings is 1. The molecule has 0 unspecified atom stereocenters. The van der Waals surface area contributed by atoms with Crippen molar-refractivity contribution in [2.45, 2.75) is 4.34 Å². The molecule has 0 saturated carbocycles. The number of thiazole rings is 1. The van der Waals surface area contributed by atoms with Crippen molar-refractivity contribution in [3.63, 3.8) is 0 Å². The van der Waals surface area contributed by atoms with Crippen LogP contribution in [-0.2, 0) is 9.59 Å². The lowest BCUT2D eigenvalue weighted by Crippen LogP contribution is -2.52. The molecule has 0 N–H and O–H groups in total. The molecular weight excluding hydrogens is 356 g/mol. The number of piperazine rings is 1. The summed E-state index contributed by atoms with van der Waals surface area (Å²) in [5.74, 6) is 0.635. The first-order chi connectivity index (χ1) is 12.0. The summed E-state index contributed by atoms with van der Waals surface area (Å²) in [4.78, 5) is 34.6. The highest BCUT2D eigenvalue weighted by Crippen LogP contribution is 2.29. The predicted molar refractivity (Wildman–Crippen MR) is 102 cm³/mol. The second kappa shape index (κ2) is 8.16. The van der Waals surface area contributed by atoms with Gasteiger partial charge in [-0.2, -0.15) is 0 Å². The standard InChI is InChI=1S/C17H22N4O2S2/c1-19(2)11-15(22)20-7-9-21(10-8-20)16(23)12-24-17-18-13-5-3-4-6-14(13)25-17/h3-6H,7-12H2,1-2H3. The van der Waals surface area contributed by atoms with E-state index in [2.05, 4.69) is 4.98 Å². The second-order valence-electron chi connectivity index (χ2n) is 6.24. The fraction of sp³-hybridized carbons (Fsp3) is 0.471.